The van der Waals surface area contributed by atoms with Gasteiger partial charge in [-0.3, -0.25) is 0 Å². The predicted octanol–water partition coefficient (Wildman–Crippen LogP) is -0.908. The summed E-state index contributed by atoms with van der Waals surface area (Å²) in [5.41, 5.74) is 2.12. The normalized spacial score (nSPS) is 13.5. The molecule has 18 heteroatoms. The third-order valence-corrected chi connectivity index (χ3v) is 12.8. The largest absolute Gasteiger partial charge is 0.528 e. The number of nitrogens with zero attached hydrogens (tertiary/aromatic N) is 3. The minimum absolute atomic E-state index is 0.185. The molecule has 0 N–H and O–H groups in total. The molecule has 0 aliphatic heterocycles. The number of hydrogen-bond donors (Lipinski definition) is 0. The molecular formula is C21H39N3O12Si3. The molecule has 0 radical (unpaired) electrons. The quantitative estimate of drug-likeness (QED) is 0.190. The molecule has 1 aromatic heterocycles. The van der Waals surface area contributed by atoms with E-state index in [1.807, 2.05) is 0 Å². The van der Waals surface area contributed by atoms with Crippen molar-refractivity contribution in [3.63, 3.8) is 0 Å². The van der Waals surface area contributed by atoms with Crippen LogP contribution in [-0.2, 0) is 59.5 Å². The lowest BCUT2D eigenvalue weighted by Crippen LogP contribution is -2.54. The summed E-state index contributed by atoms with van der Waals surface area (Å²) in [6, 6.07) is 0. The molecule has 0 aromatic carbocycles. The van der Waals surface area contributed by atoms with E-state index in [9.17, 15) is 14.4 Å². The third kappa shape index (κ3) is 8.45. The maximum atomic E-state index is 13.3. The van der Waals surface area contributed by atoms with Crippen molar-refractivity contribution in [2.24, 2.45) is 0 Å². The van der Waals surface area contributed by atoms with E-state index in [1.165, 1.54) is 99.3 Å². The first kappa shape index (κ1) is 34.9. The summed E-state index contributed by atoms with van der Waals surface area (Å²) >= 11 is 0. The Morgan fingerprint density at radius 1 is 0.436 bits per heavy atom. The van der Waals surface area contributed by atoms with Crippen LogP contribution in [0.4, 0.5) is 0 Å². The maximum Gasteiger partial charge on any atom is 0.528 e. The zero-order valence-electron chi connectivity index (χ0n) is 23.8. The van der Waals surface area contributed by atoms with Gasteiger partial charge >= 0.3 is 43.5 Å². The van der Waals surface area contributed by atoms with E-state index in [-0.39, 0.29) is 19.6 Å². The molecular weight excluding hydrogens is 570 g/mol. The lowest BCUT2D eigenvalue weighted by atomic mass is 10.5. The van der Waals surface area contributed by atoms with Crippen molar-refractivity contribution < 1.29 is 39.8 Å². The second kappa shape index (κ2) is 16.2. The average Bonchev–Trinajstić information content (AvgIpc) is 2.97. The first-order valence-corrected chi connectivity index (χ1v) is 16.9. The number of allylic oxidation sites excluding steroid dienone is 3. The van der Waals surface area contributed by atoms with Gasteiger partial charge in [-0.1, -0.05) is 18.2 Å². The van der Waals surface area contributed by atoms with Gasteiger partial charge in [-0.05, 0) is 17.1 Å². The minimum Gasteiger partial charge on any atom is -0.374 e. The number of rotatable bonds is 18. The highest BCUT2D eigenvalue weighted by Gasteiger charge is 2.36. The molecule has 39 heavy (non-hydrogen) atoms. The summed E-state index contributed by atoms with van der Waals surface area (Å²) in [4.78, 5) is 39.8. The Bertz CT molecular complexity index is 968. The molecule has 0 aliphatic rings. The van der Waals surface area contributed by atoms with Gasteiger partial charge in [0.1, 0.15) is 0 Å². The fourth-order valence-electron chi connectivity index (χ4n) is 3.42. The topological polar surface area (TPSA) is 149 Å². The molecule has 0 atom stereocenters. The number of hydrogen-bond acceptors (Lipinski definition) is 12. The molecule has 0 spiro atoms. The van der Waals surface area contributed by atoms with Gasteiger partial charge in [-0.25, -0.2) is 28.1 Å². The van der Waals surface area contributed by atoms with E-state index < -0.39 is 43.5 Å². The van der Waals surface area contributed by atoms with E-state index >= 15 is 0 Å². The van der Waals surface area contributed by atoms with Crippen LogP contribution in [0.5, 0.6) is 0 Å². The summed E-state index contributed by atoms with van der Waals surface area (Å²) in [7, 11) is 3.45. The summed E-state index contributed by atoms with van der Waals surface area (Å²) in [5, 5.41) is 0. The molecule has 0 unspecified atom stereocenters. The highest BCUT2D eigenvalue weighted by atomic mass is 28.4. The molecule has 222 valence electrons. The summed E-state index contributed by atoms with van der Waals surface area (Å²) in [6.45, 7) is -0.554. The SMILES string of the molecule is CO[Si](C=CCn1c(=O)n(CC=C[Si](OC)(OC)OC)c(=O)n(CC=C[Si](OC)(OC)OC)c1=O)(OC)OC. The van der Waals surface area contributed by atoms with Gasteiger partial charge in [0.2, 0.25) is 0 Å². The van der Waals surface area contributed by atoms with Gasteiger partial charge in [0.05, 0.1) is 19.6 Å². The van der Waals surface area contributed by atoms with Crippen molar-refractivity contribution >= 4 is 26.4 Å². The molecule has 0 bridgehead atoms. The van der Waals surface area contributed by atoms with Crippen molar-refractivity contribution in [2.45, 2.75) is 19.6 Å². The van der Waals surface area contributed by atoms with Crippen molar-refractivity contribution in [3.8, 4) is 0 Å². The fourth-order valence-corrected chi connectivity index (χ4v) is 7.33. The maximum absolute atomic E-state index is 13.3. The Morgan fingerprint density at radius 2 is 0.615 bits per heavy atom. The number of aromatic nitrogens is 3. The lowest BCUT2D eigenvalue weighted by Gasteiger charge is -2.21. The van der Waals surface area contributed by atoms with Crippen LogP contribution in [0.3, 0.4) is 0 Å². The van der Waals surface area contributed by atoms with Crippen molar-refractivity contribution in [3.05, 3.63) is 66.8 Å². The average molecular weight is 610 g/mol. The van der Waals surface area contributed by atoms with Crippen LogP contribution in [0, 0.1) is 0 Å². The first-order valence-electron chi connectivity index (χ1n) is 11.5. The van der Waals surface area contributed by atoms with Crippen molar-refractivity contribution in [1.29, 1.82) is 0 Å². The lowest BCUT2D eigenvalue weighted by molar-refractivity contribution is 0.138. The molecule has 1 heterocycles. The van der Waals surface area contributed by atoms with Gasteiger partial charge in [-0.2, -0.15) is 0 Å². The van der Waals surface area contributed by atoms with Gasteiger partial charge < -0.3 is 39.8 Å². The van der Waals surface area contributed by atoms with Gasteiger partial charge in [-0.15, -0.1) is 0 Å². The second-order valence-electron chi connectivity index (χ2n) is 7.53. The third-order valence-electron chi connectivity index (χ3n) is 5.78. The molecule has 15 nitrogen and oxygen atoms in total. The molecule has 0 aliphatic carbocycles. The second-order valence-corrected chi connectivity index (χ2v) is 15.8. The molecule has 0 saturated carbocycles. The van der Waals surface area contributed by atoms with Crippen LogP contribution in [0.2, 0.25) is 0 Å². The van der Waals surface area contributed by atoms with Crippen LogP contribution in [0.25, 0.3) is 0 Å². The first-order chi connectivity index (χ1) is 18.6. The van der Waals surface area contributed by atoms with Crippen LogP contribution < -0.4 is 17.1 Å². The van der Waals surface area contributed by atoms with E-state index in [0.717, 1.165) is 13.7 Å². The Labute approximate surface area is 230 Å². The molecule has 0 fully saturated rings. The van der Waals surface area contributed by atoms with Crippen molar-refractivity contribution in [2.75, 3.05) is 64.0 Å². The standard InChI is InChI=1S/C21H39N3O12Si3/c1-28-37(29-2,30-3)16-10-13-22-19(25)23(14-11-17-38(31-4,32-5)33-6)21(27)24(20(22)26)15-12-18-39(34-7,35-8)36-9/h10-12,16-18H,13-15H2,1-9H3. The van der Waals surface area contributed by atoms with Crippen LogP contribution in [-0.4, -0.2) is 104 Å². The Morgan fingerprint density at radius 3 is 0.769 bits per heavy atom. The molecule has 0 amide bonds. The predicted molar refractivity (Wildman–Crippen MR) is 147 cm³/mol. The Balaban J connectivity index is 3.65. The monoisotopic (exact) mass is 609 g/mol. The summed E-state index contributed by atoms with van der Waals surface area (Å²) in [5.74, 6) is 0. The molecule has 1 rings (SSSR count). The summed E-state index contributed by atoms with van der Waals surface area (Å²) in [6.07, 6.45) is 4.52. The van der Waals surface area contributed by atoms with Crippen molar-refractivity contribution in [1.82, 2.24) is 13.7 Å². The Hall–Kier alpha value is -2.08. The van der Waals surface area contributed by atoms with E-state index in [0.29, 0.717) is 0 Å². The Kier molecular flexibility index (Phi) is 14.6. The highest BCUT2D eigenvalue weighted by Crippen LogP contribution is 2.09. The van der Waals surface area contributed by atoms with Gasteiger partial charge in [0.15, 0.2) is 0 Å². The van der Waals surface area contributed by atoms with Crippen LogP contribution >= 0.6 is 0 Å². The van der Waals surface area contributed by atoms with Crippen LogP contribution in [0.15, 0.2) is 49.7 Å². The van der Waals surface area contributed by atoms with Crippen LogP contribution in [0.1, 0.15) is 0 Å². The zero-order chi connectivity index (χ0) is 29.7. The van der Waals surface area contributed by atoms with E-state index in [1.54, 1.807) is 0 Å². The zero-order valence-corrected chi connectivity index (χ0v) is 26.8. The minimum atomic E-state index is -3.12. The van der Waals surface area contributed by atoms with E-state index in [4.69, 9.17) is 39.8 Å². The molecule has 1 aromatic rings. The van der Waals surface area contributed by atoms with Gasteiger partial charge in [0, 0.05) is 64.0 Å². The fraction of sp³-hybridized carbons (Fsp3) is 0.571. The van der Waals surface area contributed by atoms with E-state index in [2.05, 4.69) is 0 Å². The summed E-state index contributed by atoms with van der Waals surface area (Å²) < 4.78 is 50.7. The molecule has 0 saturated heterocycles. The highest BCUT2D eigenvalue weighted by molar-refractivity contribution is 6.66. The smallest absolute Gasteiger partial charge is 0.374 e. The van der Waals surface area contributed by atoms with Gasteiger partial charge in [0.25, 0.3) is 0 Å².